The maximum Gasteiger partial charge on any atom is 0.167 e. The van der Waals surface area contributed by atoms with Crippen molar-refractivity contribution in [1.29, 1.82) is 0 Å². The molecule has 122 valence electrons. The van der Waals surface area contributed by atoms with Crippen LogP contribution < -0.4 is 14.2 Å². The Bertz CT molecular complexity index is 1080. The van der Waals surface area contributed by atoms with E-state index in [0.717, 1.165) is 27.2 Å². The molecule has 0 saturated carbocycles. The van der Waals surface area contributed by atoms with Crippen molar-refractivity contribution in [2.45, 2.75) is 0 Å². The number of benzene rings is 2. The molecule has 2 aromatic carbocycles. The number of nitrogens with zero attached hydrogens (tertiary/aromatic N) is 1. The number of fused-ring (bicyclic) bond motifs is 5. The third-order valence-corrected chi connectivity index (χ3v) is 4.40. The lowest BCUT2D eigenvalue weighted by molar-refractivity contribution is 0.356. The van der Waals surface area contributed by atoms with Gasteiger partial charge in [-0.3, -0.25) is 0 Å². The summed E-state index contributed by atoms with van der Waals surface area (Å²) in [5.41, 5.74) is 1.88. The van der Waals surface area contributed by atoms with Crippen LogP contribution in [0.1, 0.15) is 0 Å². The molecule has 1 N–H and O–H groups in total. The molecule has 24 heavy (non-hydrogen) atoms. The number of rotatable bonds is 3. The fraction of sp³-hybridized carbons (Fsp3) is 0.158. The lowest BCUT2D eigenvalue weighted by atomic mass is 10.1. The van der Waals surface area contributed by atoms with Gasteiger partial charge in [-0.15, -0.1) is 0 Å². The molecule has 0 saturated heterocycles. The average molecular weight is 323 g/mol. The van der Waals surface area contributed by atoms with Crippen LogP contribution in [0.3, 0.4) is 0 Å². The first-order chi connectivity index (χ1) is 11.7. The molecule has 2 heterocycles. The van der Waals surface area contributed by atoms with Crippen LogP contribution in [-0.4, -0.2) is 30.8 Å². The summed E-state index contributed by atoms with van der Waals surface area (Å²) in [6.07, 6.45) is 1.98. The zero-order valence-electron chi connectivity index (χ0n) is 13.7. The Labute approximate surface area is 138 Å². The van der Waals surface area contributed by atoms with Gasteiger partial charge in [0.05, 0.1) is 37.7 Å². The second kappa shape index (κ2) is 5.23. The number of phenolic OH excluding ortho intramolecular Hbond substituents is 1. The minimum absolute atomic E-state index is 0.141. The van der Waals surface area contributed by atoms with E-state index < -0.39 is 0 Å². The molecule has 0 atom stereocenters. The van der Waals surface area contributed by atoms with Crippen molar-refractivity contribution < 1.29 is 19.3 Å². The SMILES string of the molecule is COc1cc2cc3c4c(O)c(OC)ccc4ccn3c2cc1OC. The van der Waals surface area contributed by atoms with Gasteiger partial charge in [-0.2, -0.15) is 0 Å². The Morgan fingerprint density at radius 3 is 2.17 bits per heavy atom. The number of phenols is 1. The van der Waals surface area contributed by atoms with Crippen molar-refractivity contribution in [3.8, 4) is 23.0 Å². The third kappa shape index (κ3) is 1.88. The molecule has 0 aliphatic carbocycles. The fourth-order valence-electron chi connectivity index (χ4n) is 3.22. The summed E-state index contributed by atoms with van der Waals surface area (Å²) >= 11 is 0. The van der Waals surface area contributed by atoms with Gasteiger partial charge in [0.1, 0.15) is 0 Å². The van der Waals surface area contributed by atoms with Gasteiger partial charge in [-0.05, 0) is 29.7 Å². The number of ether oxygens (including phenoxy) is 3. The van der Waals surface area contributed by atoms with Crippen LogP contribution in [0, 0.1) is 0 Å². The second-order valence-corrected chi connectivity index (χ2v) is 5.56. The monoisotopic (exact) mass is 323 g/mol. The van der Waals surface area contributed by atoms with Crippen LogP contribution in [0.4, 0.5) is 0 Å². The van der Waals surface area contributed by atoms with Gasteiger partial charge in [-0.25, -0.2) is 0 Å². The van der Waals surface area contributed by atoms with Gasteiger partial charge in [0.15, 0.2) is 23.0 Å². The lowest BCUT2D eigenvalue weighted by Crippen LogP contribution is -1.91. The molecular formula is C19H17NO4. The quantitative estimate of drug-likeness (QED) is 0.620. The van der Waals surface area contributed by atoms with Crippen molar-refractivity contribution in [2.24, 2.45) is 0 Å². The summed E-state index contributed by atoms with van der Waals surface area (Å²) < 4.78 is 18.1. The molecule has 0 radical (unpaired) electrons. The van der Waals surface area contributed by atoms with E-state index in [0.29, 0.717) is 17.2 Å². The van der Waals surface area contributed by atoms with E-state index in [2.05, 4.69) is 0 Å². The maximum absolute atomic E-state index is 10.6. The predicted octanol–water partition coefficient (Wildman–Crippen LogP) is 3.98. The highest BCUT2D eigenvalue weighted by atomic mass is 16.5. The summed E-state index contributed by atoms with van der Waals surface area (Å²) in [7, 11) is 4.78. The molecule has 0 unspecified atom stereocenters. The average Bonchev–Trinajstić information content (AvgIpc) is 2.97. The minimum atomic E-state index is 0.141. The van der Waals surface area contributed by atoms with Crippen LogP contribution in [-0.2, 0) is 0 Å². The van der Waals surface area contributed by atoms with E-state index in [9.17, 15) is 5.11 Å². The van der Waals surface area contributed by atoms with Crippen LogP contribution in [0.2, 0.25) is 0 Å². The van der Waals surface area contributed by atoms with Crippen LogP contribution in [0.25, 0.3) is 27.2 Å². The first-order valence-corrected chi connectivity index (χ1v) is 7.53. The highest BCUT2D eigenvalue weighted by Crippen LogP contribution is 2.40. The van der Waals surface area contributed by atoms with Crippen molar-refractivity contribution in [2.75, 3.05) is 21.3 Å². The van der Waals surface area contributed by atoms with E-state index >= 15 is 0 Å². The molecule has 0 spiro atoms. The van der Waals surface area contributed by atoms with Crippen LogP contribution in [0.5, 0.6) is 23.0 Å². The molecule has 5 nitrogen and oxygen atoms in total. The Morgan fingerprint density at radius 1 is 0.750 bits per heavy atom. The van der Waals surface area contributed by atoms with E-state index in [1.54, 1.807) is 27.4 Å². The summed E-state index contributed by atoms with van der Waals surface area (Å²) in [6.45, 7) is 0. The third-order valence-electron chi connectivity index (χ3n) is 4.40. The van der Waals surface area contributed by atoms with Crippen molar-refractivity contribution >= 4 is 27.2 Å². The van der Waals surface area contributed by atoms with Crippen molar-refractivity contribution in [3.63, 3.8) is 0 Å². The molecule has 2 aromatic heterocycles. The standard InChI is InChI=1S/C19H17NO4/c1-22-15-5-4-11-6-7-20-13-10-17(24-3)16(23-2)9-12(13)8-14(20)18(11)19(15)21/h4-10,21H,1-3H3. The topological polar surface area (TPSA) is 52.3 Å². The highest BCUT2D eigenvalue weighted by Gasteiger charge is 2.15. The molecule has 0 bridgehead atoms. The molecule has 0 amide bonds. The second-order valence-electron chi connectivity index (χ2n) is 5.56. The zero-order valence-corrected chi connectivity index (χ0v) is 13.7. The minimum Gasteiger partial charge on any atom is -0.504 e. The van der Waals surface area contributed by atoms with Crippen molar-refractivity contribution in [3.05, 3.63) is 42.6 Å². The first-order valence-electron chi connectivity index (χ1n) is 7.53. The maximum atomic E-state index is 10.6. The summed E-state index contributed by atoms with van der Waals surface area (Å²) in [6, 6.07) is 11.6. The Morgan fingerprint density at radius 2 is 1.46 bits per heavy atom. The number of aromatic hydroxyl groups is 1. The molecule has 4 aromatic rings. The van der Waals surface area contributed by atoms with E-state index in [1.165, 1.54) is 0 Å². The summed E-state index contributed by atoms with van der Waals surface area (Å²) in [5, 5.41) is 13.3. The largest absolute Gasteiger partial charge is 0.504 e. The molecule has 0 fully saturated rings. The highest BCUT2D eigenvalue weighted by molar-refractivity contribution is 6.06. The Kier molecular flexibility index (Phi) is 3.16. The summed E-state index contributed by atoms with van der Waals surface area (Å²) in [4.78, 5) is 0. The Hall–Kier alpha value is -3.08. The number of hydrogen-bond acceptors (Lipinski definition) is 4. The van der Waals surface area contributed by atoms with Crippen LogP contribution in [0.15, 0.2) is 42.6 Å². The van der Waals surface area contributed by atoms with Gasteiger partial charge < -0.3 is 23.7 Å². The predicted molar refractivity (Wildman–Crippen MR) is 93.7 cm³/mol. The zero-order chi connectivity index (χ0) is 16.8. The van der Waals surface area contributed by atoms with Gasteiger partial charge in [0.25, 0.3) is 0 Å². The number of hydrogen-bond donors (Lipinski definition) is 1. The number of pyridine rings is 1. The lowest BCUT2D eigenvalue weighted by Gasteiger charge is -2.09. The number of methoxy groups -OCH3 is 3. The van der Waals surface area contributed by atoms with Gasteiger partial charge in [0, 0.05) is 17.6 Å². The normalized spacial score (nSPS) is 11.3. The smallest absolute Gasteiger partial charge is 0.167 e. The van der Waals surface area contributed by atoms with Crippen molar-refractivity contribution in [1.82, 2.24) is 4.40 Å². The molecule has 0 aliphatic rings. The fourth-order valence-corrected chi connectivity index (χ4v) is 3.22. The Balaban J connectivity index is 2.17. The van der Waals surface area contributed by atoms with Gasteiger partial charge >= 0.3 is 0 Å². The summed E-state index contributed by atoms with van der Waals surface area (Å²) in [5.74, 6) is 1.94. The molecular weight excluding hydrogens is 306 g/mol. The van der Waals surface area contributed by atoms with E-state index in [1.807, 2.05) is 40.9 Å². The first kappa shape index (κ1) is 14.5. The van der Waals surface area contributed by atoms with E-state index in [4.69, 9.17) is 14.2 Å². The number of aromatic nitrogens is 1. The molecule has 0 aliphatic heterocycles. The van der Waals surface area contributed by atoms with E-state index in [-0.39, 0.29) is 5.75 Å². The molecule has 4 rings (SSSR count). The molecule has 5 heteroatoms. The van der Waals surface area contributed by atoms with Gasteiger partial charge in [-0.1, -0.05) is 6.07 Å². The van der Waals surface area contributed by atoms with Crippen LogP contribution >= 0.6 is 0 Å². The van der Waals surface area contributed by atoms with Gasteiger partial charge in [0.2, 0.25) is 0 Å².